The largest absolute Gasteiger partial charge is 0.496 e. The zero-order valence-electron chi connectivity index (χ0n) is 9.14. The topological polar surface area (TPSA) is 35.2 Å². The molecule has 0 heterocycles. The summed E-state index contributed by atoms with van der Waals surface area (Å²) in [5, 5.41) is 0. The Morgan fingerprint density at radius 1 is 1.38 bits per heavy atom. The van der Waals surface area contributed by atoms with E-state index >= 15 is 0 Å². The van der Waals surface area contributed by atoms with E-state index in [1.807, 2.05) is 0 Å². The van der Waals surface area contributed by atoms with Crippen molar-refractivity contribution in [3.05, 3.63) is 29.3 Å². The third-order valence-electron chi connectivity index (χ3n) is 2.15. The van der Waals surface area contributed by atoms with Gasteiger partial charge in [-0.2, -0.15) is 13.2 Å². The molecule has 0 spiro atoms. The first-order valence-corrected chi connectivity index (χ1v) is 4.84. The molecule has 1 rings (SSSR count). The van der Waals surface area contributed by atoms with Crippen LogP contribution in [0.2, 0.25) is 0 Å². The summed E-state index contributed by atoms with van der Waals surface area (Å²) < 4.78 is 42.4. The van der Waals surface area contributed by atoms with Gasteiger partial charge in [0.25, 0.3) is 0 Å². The van der Waals surface area contributed by atoms with Gasteiger partial charge in [-0.3, -0.25) is 0 Å². The quantitative estimate of drug-likeness (QED) is 0.870. The summed E-state index contributed by atoms with van der Waals surface area (Å²) in [6, 6.07) is 3.20. The van der Waals surface area contributed by atoms with Gasteiger partial charge in [0.05, 0.1) is 12.7 Å². The SMILES string of the molecule is COc1ccc(C(F)(F)F)cc1CC(C)N. The molecule has 1 aromatic carbocycles. The van der Waals surface area contributed by atoms with Crippen molar-refractivity contribution in [3.8, 4) is 5.75 Å². The minimum Gasteiger partial charge on any atom is -0.496 e. The first-order valence-electron chi connectivity index (χ1n) is 4.84. The van der Waals surface area contributed by atoms with Crippen molar-refractivity contribution in [2.24, 2.45) is 5.73 Å². The van der Waals surface area contributed by atoms with Crippen molar-refractivity contribution < 1.29 is 17.9 Å². The van der Waals surface area contributed by atoms with E-state index < -0.39 is 11.7 Å². The molecule has 2 nitrogen and oxygen atoms in total. The Balaban J connectivity index is 3.11. The van der Waals surface area contributed by atoms with Gasteiger partial charge in [0.1, 0.15) is 5.75 Å². The van der Waals surface area contributed by atoms with E-state index in [-0.39, 0.29) is 6.04 Å². The van der Waals surface area contributed by atoms with E-state index in [9.17, 15) is 13.2 Å². The van der Waals surface area contributed by atoms with Crippen LogP contribution in [-0.2, 0) is 12.6 Å². The fraction of sp³-hybridized carbons (Fsp3) is 0.455. The van der Waals surface area contributed by atoms with Crippen LogP contribution in [0.5, 0.6) is 5.75 Å². The lowest BCUT2D eigenvalue weighted by molar-refractivity contribution is -0.137. The predicted octanol–water partition coefficient (Wildman–Crippen LogP) is 2.60. The number of rotatable bonds is 3. The molecule has 0 saturated carbocycles. The second-order valence-corrected chi connectivity index (χ2v) is 3.71. The Morgan fingerprint density at radius 2 is 2.00 bits per heavy atom. The summed E-state index contributed by atoms with van der Waals surface area (Å²) in [4.78, 5) is 0. The van der Waals surface area contributed by atoms with Crippen LogP contribution in [0.15, 0.2) is 18.2 Å². The van der Waals surface area contributed by atoms with Crippen molar-refractivity contribution >= 4 is 0 Å². The number of hydrogen-bond donors (Lipinski definition) is 1. The van der Waals surface area contributed by atoms with E-state index in [1.54, 1.807) is 6.92 Å². The van der Waals surface area contributed by atoms with Gasteiger partial charge in [-0.05, 0) is 37.1 Å². The molecule has 0 amide bonds. The Bertz CT molecular complexity index is 361. The molecule has 0 aliphatic heterocycles. The van der Waals surface area contributed by atoms with E-state index in [1.165, 1.54) is 13.2 Å². The van der Waals surface area contributed by atoms with Gasteiger partial charge in [-0.1, -0.05) is 0 Å². The molecule has 1 atom stereocenters. The highest BCUT2D eigenvalue weighted by molar-refractivity contribution is 5.38. The third-order valence-corrected chi connectivity index (χ3v) is 2.15. The normalized spacial score (nSPS) is 13.6. The summed E-state index contributed by atoms with van der Waals surface area (Å²) >= 11 is 0. The molecule has 2 N–H and O–H groups in total. The number of methoxy groups -OCH3 is 1. The highest BCUT2D eigenvalue weighted by Gasteiger charge is 2.31. The lowest BCUT2D eigenvalue weighted by atomic mass is 10.0. The molecule has 1 unspecified atom stereocenters. The van der Waals surface area contributed by atoms with Gasteiger partial charge >= 0.3 is 6.18 Å². The second-order valence-electron chi connectivity index (χ2n) is 3.71. The zero-order chi connectivity index (χ0) is 12.3. The number of ether oxygens (including phenoxy) is 1. The minimum atomic E-state index is -4.33. The van der Waals surface area contributed by atoms with Gasteiger partial charge in [0.15, 0.2) is 0 Å². The smallest absolute Gasteiger partial charge is 0.416 e. The molecule has 0 aliphatic rings. The molecule has 0 bridgehead atoms. The number of hydrogen-bond acceptors (Lipinski definition) is 2. The van der Waals surface area contributed by atoms with Crippen LogP contribution in [0, 0.1) is 0 Å². The van der Waals surface area contributed by atoms with Crippen molar-refractivity contribution in [1.29, 1.82) is 0 Å². The van der Waals surface area contributed by atoms with Gasteiger partial charge < -0.3 is 10.5 Å². The summed E-state index contributed by atoms with van der Waals surface area (Å²) in [7, 11) is 1.42. The fourth-order valence-corrected chi connectivity index (χ4v) is 1.46. The van der Waals surface area contributed by atoms with Gasteiger partial charge in [0, 0.05) is 6.04 Å². The van der Waals surface area contributed by atoms with Crippen LogP contribution in [0.3, 0.4) is 0 Å². The maximum absolute atomic E-state index is 12.5. The molecule has 16 heavy (non-hydrogen) atoms. The molecule has 0 aromatic heterocycles. The highest BCUT2D eigenvalue weighted by atomic mass is 19.4. The standard InChI is InChI=1S/C11H14F3NO/c1-7(15)5-8-6-9(11(12,13)14)3-4-10(8)16-2/h3-4,6-7H,5,15H2,1-2H3. The number of halogens is 3. The number of nitrogens with two attached hydrogens (primary N) is 1. The summed E-state index contributed by atoms with van der Waals surface area (Å²) in [5.74, 6) is 0.435. The first kappa shape index (κ1) is 12.8. The molecular weight excluding hydrogens is 219 g/mol. The minimum absolute atomic E-state index is 0.211. The maximum atomic E-state index is 12.5. The van der Waals surface area contributed by atoms with Crippen LogP contribution >= 0.6 is 0 Å². The summed E-state index contributed by atoms with van der Waals surface area (Å²) in [6.45, 7) is 1.74. The lowest BCUT2D eigenvalue weighted by Crippen LogP contribution is -2.18. The van der Waals surface area contributed by atoms with E-state index in [0.29, 0.717) is 17.7 Å². The zero-order valence-corrected chi connectivity index (χ0v) is 9.14. The van der Waals surface area contributed by atoms with Crippen LogP contribution in [0.4, 0.5) is 13.2 Å². The van der Waals surface area contributed by atoms with E-state index in [4.69, 9.17) is 10.5 Å². The Labute approximate surface area is 92.2 Å². The summed E-state index contributed by atoms with van der Waals surface area (Å²) in [5.41, 5.74) is 5.37. The Hall–Kier alpha value is -1.23. The van der Waals surface area contributed by atoms with Crippen molar-refractivity contribution in [1.82, 2.24) is 0 Å². The Morgan fingerprint density at radius 3 is 2.44 bits per heavy atom. The lowest BCUT2D eigenvalue weighted by Gasteiger charge is -2.14. The molecule has 0 radical (unpaired) electrons. The number of benzene rings is 1. The van der Waals surface area contributed by atoms with Gasteiger partial charge in [-0.25, -0.2) is 0 Å². The predicted molar refractivity (Wildman–Crippen MR) is 55.3 cm³/mol. The van der Waals surface area contributed by atoms with E-state index in [0.717, 1.165) is 12.1 Å². The molecule has 0 saturated heterocycles. The molecule has 5 heteroatoms. The van der Waals surface area contributed by atoms with Crippen LogP contribution < -0.4 is 10.5 Å². The molecule has 0 fully saturated rings. The van der Waals surface area contributed by atoms with Crippen LogP contribution in [0.25, 0.3) is 0 Å². The van der Waals surface area contributed by atoms with Crippen LogP contribution in [-0.4, -0.2) is 13.2 Å². The first-order chi connectivity index (χ1) is 7.34. The second kappa shape index (κ2) is 4.74. The molecule has 1 aromatic rings. The average molecular weight is 233 g/mol. The summed E-state index contributed by atoms with van der Waals surface area (Å²) in [6.07, 6.45) is -3.98. The van der Waals surface area contributed by atoms with Crippen molar-refractivity contribution in [3.63, 3.8) is 0 Å². The molecule has 0 aliphatic carbocycles. The Kier molecular flexibility index (Phi) is 3.80. The van der Waals surface area contributed by atoms with Crippen molar-refractivity contribution in [2.75, 3.05) is 7.11 Å². The third kappa shape index (κ3) is 3.13. The van der Waals surface area contributed by atoms with Gasteiger partial charge in [0.2, 0.25) is 0 Å². The molecular formula is C11H14F3NO. The monoisotopic (exact) mass is 233 g/mol. The maximum Gasteiger partial charge on any atom is 0.416 e. The van der Waals surface area contributed by atoms with Gasteiger partial charge in [-0.15, -0.1) is 0 Å². The molecule has 90 valence electrons. The highest BCUT2D eigenvalue weighted by Crippen LogP contribution is 2.32. The van der Waals surface area contributed by atoms with Crippen LogP contribution in [0.1, 0.15) is 18.1 Å². The van der Waals surface area contributed by atoms with E-state index in [2.05, 4.69) is 0 Å². The fourth-order valence-electron chi connectivity index (χ4n) is 1.46. The van der Waals surface area contributed by atoms with Crippen molar-refractivity contribution in [2.45, 2.75) is 25.6 Å². The average Bonchev–Trinajstić information content (AvgIpc) is 2.15. The number of alkyl halides is 3.